The summed E-state index contributed by atoms with van der Waals surface area (Å²) in [7, 11) is 0. The molecule has 0 radical (unpaired) electrons. The molecule has 1 atom stereocenters. The molecule has 0 aromatic carbocycles. The molecule has 0 heterocycles. The number of carbonyl (C=O) groups is 3. The highest BCUT2D eigenvalue weighted by Crippen LogP contribution is 2.29. The van der Waals surface area contributed by atoms with Crippen molar-refractivity contribution < 1.29 is 29.1 Å². The molecule has 1 aliphatic rings. The van der Waals surface area contributed by atoms with Crippen molar-refractivity contribution in [3.63, 3.8) is 0 Å². The van der Waals surface area contributed by atoms with Gasteiger partial charge < -0.3 is 9.84 Å². The Labute approximate surface area is 130 Å². The minimum Gasteiger partial charge on any atom is -0.481 e. The minimum absolute atomic E-state index is 0.203. The van der Waals surface area contributed by atoms with E-state index >= 15 is 0 Å². The number of ether oxygens (including phenoxy) is 1. The Bertz CT molecular complexity index is 389. The molecular weight excluding hydrogens is 290 g/mol. The Kier molecular flexibility index (Phi) is 7.31. The Morgan fingerprint density at radius 1 is 1.23 bits per heavy atom. The van der Waals surface area contributed by atoms with Gasteiger partial charge in [-0.15, -0.1) is 0 Å². The molecule has 0 bridgehead atoms. The van der Waals surface area contributed by atoms with E-state index in [-0.39, 0.29) is 23.7 Å². The van der Waals surface area contributed by atoms with Gasteiger partial charge in [0.1, 0.15) is 0 Å². The summed E-state index contributed by atoms with van der Waals surface area (Å²) in [4.78, 5) is 38.7. The number of amides is 1. The first kappa shape index (κ1) is 18.4. The molecule has 0 aromatic rings. The molecule has 126 valence electrons. The van der Waals surface area contributed by atoms with Gasteiger partial charge in [-0.05, 0) is 31.6 Å². The largest absolute Gasteiger partial charge is 0.481 e. The van der Waals surface area contributed by atoms with Gasteiger partial charge in [-0.3, -0.25) is 14.4 Å². The average Bonchev–Trinajstić information content (AvgIpc) is 2.46. The summed E-state index contributed by atoms with van der Waals surface area (Å²) in [6.45, 7) is 5.36. The number of rotatable bonds is 8. The van der Waals surface area contributed by atoms with E-state index < -0.39 is 12.3 Å². The first-order valence-corrected chi connectivity index (χ1v) is 7.65. The molecule has 1 aliphatic carbocycles. The molecule has 1 fully saturated rings. The first-order chi connectivity index (χ1) is 10.3. The highest BCUT2D eigenvalue weighted by atomic mass is 16.8. The second-order valence-electron chi connectivity index (χ2n) is 6.03. The Morgan fingerprint density at radius 3 is 2.27 bits per heavy atom. The summed E-state index contributed by atoms with van der Waals surface area (Å²) in [6.07, 6.45) is 2.43. The van der Waals surface area contributed by atoms with Gasteiger partial charge >= 0.3 is 11.9 Å². The van der Waals surface area contributed by atoms with Crippen LogP contribution >= 0.6 is 0 Å². The van der Waals surface area contributed by atoms with Crippen LogP contribution in [0, 0.1) is 17.8 Å². The normalized spacial score (nSPS) is 22.9. The van der Waals surface area contributed by atoms with Gasteiger partial charge in [-0.25, -0.2) is 9.90 Å². The van der Waals surface area contributed by atoms with Gasteiger partial charge in [0.2, 0.25) is 12.7 Å². The second-order valence-corrected chi connectivity index (χ2v) is 6.03. The molecule has 0 spiro atoms. The summed E-state index contributed by atoms with van der Waals surface area (Å²) in [6, 6.07) is 0. The molecule has 22 heavy (non-hydrogen) atoms. The Balaban J connectivity index is 2.38. The highest BCUT2D eigenvalue weighted by molar-refractivity contribution is 5.71. The van der Waals surface area contributed by atoms with Gasteiger partial charge in [0.25, 0.3) is 0 Å². The van der Waals surface area contributed by atoms with Gasteiger partial charge in [0.15, 0.2) is 0 Å². The van der Waals surface area contributed by atoms with Crippen LogP contribution in [0.1, 0.15) is 46.5 Å². The fourth-order valence-electron chi connectivity index (χ4n) is 2.47. The number of aliphatic carboxylic acids is 1. The lowest BCUT2D eigenvalue weighted by Crippen LogP contribution is -2.36. The average molecular weight is 315 g/mol. The van der Waals surface area contributed by atoms with E-state index in [0.29, 0.717) is 25.8 Å². The van der Waals surface area contributed by atoms with Crippen molar-refractivity contribution >= 4 is 18.3 Å². The van der Waals surface area contributed by atoms with Crippen LogP contribution in [0.5, 0.6) is 0 Å². The van der Waals surface area contributed by atoms with Crippen molar-refractivity contribution in [2.75, 3.05) is 6.54 Å². The van der Waals surface area contributed by atoms with Gasteiger partial charge in [-0.1, -0.05) is 13.8 Å². The van der Waals surface area contributed by atoms with Crippen LogP contribution in [0.2, 0.25) is 0 Å². The number of carboxylic acids is 1. The van der Waals surface area contributed by atoms with Crippen LogP contribution in [-0.4, -0.2) is 41.4 Å². The summed E-state index contributed by atoms with van der Waals surface area (Å²) >= 11 is 0. The Morgan fingerprint density at radius 2 is 1.82 bits per heavy atom. The number of carboxylic acid groups (broad SMARTS) is 1. The van der Waals surface area contributed by atoms with E-state index in [1.165, 1.54) is 0 Å². The number of carbonyl (C=O) groups excluding carboxylic acids is 2. The smallest absolute Gasteiger partial charge is 0.310 e. The van der Waals surface area contributed by atoms with E-state index in [0.717, 1.165) is 17.9 Å². The molecule has 1 N–H and O–H groups in total. The molecule has 1 rings (SSSR count). The van der Waals surface area contributed by atoms with Crippen molar-refractivity contribution in [3.05, 3.63) is 0 Å². The van der Waals surface area contributed by atoms with Gasteiger partial charge in [0.05, 0.1) is 18.4 Å². The van der Waals surface area contributed by atoms with Gasteiger partial charge in [0, 0.05) is 6.92 Å². The van der Waals surface area contributed by atoms with E-state index in [1.54, 1.807) is 20.8 Å². The summed E-state index contributed by atoms with van der Waals surface area (Å²) in [5.74, 6) is -1.49. The predicted molar refractivity (Wildman–Crippen MR) is 77.3 cm³/mol. The molecule has 0 saturated heterocycles. The maximum Gasteiger partial charge on any atom is 0.310 e. The van der Waals surface area contributed by atoms with E-state index in [1.807, 2.05) is 0 Å². The third-order valence-corrected chi connectivity index (χ3v) is 3.79. The van der Waals surface area contributed by atoms with Crippen molar-refractivity contribution in [1.82, 2.24) is 5.06 Å². The van der Waals surface area contributed by atoms with Gasteiger partial charge in [-0.2, -0.15) is 0 Å². The fourth-order valence-corrected chi connectivity index (χ4v) is 2.47. The lowest BCUT2D eigenvalue weighted by molar-refractivity contribution is -0.256. The Hall–Kier alpha value is -1.63. The highest BCUT2D eigenvalue weighted by Gasteiger charge is 2.27. The zero-order chi connectivity index (χ0) is 16.7. The molecule has 0 unspecified atom stereocenters. The van der Waals surface area contributed by atoms with Crippen LogP contribution in [0.15, 0.2) is 0 Å². The maximum atomic E-state index is 11.4. The molecule has 7 nitrogen and oxygen atoms in total. The van der Waals surface area contributed by atoms with Crippen molar-refractivity contribution in [2.24, 2.45) is 17.8 Å². The number of nitrogens with zero attached hydrogens (tertiary/aromatic N) is 1. The number of hydroxylamine groups is 2. The second kappa shape index (κ2) is 8.73. The monoisotopic (exact) mass is 315 g/mol. The summed E-state index contributed by atoms with van der Waals surface area (Å²) in [5.41, 5.74) is 0. The zero-order valence-corrected chi connectivity index (χ0v) is 13.4. The third kappa shape index (κ3) is 6.01. The van der Waals surface area contributed by atoms with Crippen molar-refractivity contribution in [2.45, 2.75) is 52.7 Å². The van der Waals surface area contributed by atoms with Crippen molar-refractivity contribution in [3.8, 4) is 0 Å². The molecule has 1 saturated carbocycles. The van der Waals surface area contributed by atoms with Crippen molar-refractivity contribution in [1.29, 1.82) is 0 Å². The summed E-state index contributed by atoms with van der Waals surface area (Å²) in [5, 5.41) is 10.1. The third-order valence-electron chi connectivity index (χ3n) is 3.79. The predicted octanol–water partition coefficient (Wildman–Crippen LogP) is 1.81. The van der Waals surface area contributed by atoms with Crippen LogP contribution in [-0.2, 0) is 24.0 Å². The summed E-state index contributed by atoms with van der Waals surface area (Å²) < 4.78 is 5.04. The van der Waals surface area contributed by atoms with Crippen LogP contribution in [0.3, 0.4) is 0 Å². The first-order valence-electron chi connectivity index (χ1n) is 7.65. The number of hydrogen-bond acceptors (Lipinski definition) is 5. The molecule has 7 heteroatoms. The van der Waals surface area contributed by atoms with Crippen LogP contribution in [0.25, 0.3) is 0 Å². The van der Waals surface area contributed by atoms with E-state index in [4.69, 9.17) is 14.7 Å². The molecule has 1 amide bonds. The SMILES string of the molecule is CC(C)C(=O)O[C@@H](C)ON(C=O)C[C@H]1CC[C@H](C(=O)O)CC1. The number of esters is 1. The lowest BCUT2D eigenvalue weighted by atomic mass is 9.82. The minimum atomic E-state index is -0.838. The lowest BCUT2D eigenvalue weighted by Gasteiger charge is -2.30. The zero-order valence-electron chi connectivity index (χ0n) is 13.4. The molecule has 0 aliphatic heterocycles. The fraction of sp³-hybridized carbons (Fsp3) is 0.800. The number of hydrogen-bond donors (Lipinski definition) is 1. The molecular formula is C15H25NO6. The quantitative estimate of drug-likeness (QED) is 0.318. The van der Waals surface area contributed by atoms with Crippen LogP contribution in [0.4, 0.5) is 0 Å². The van der Waals surface area contributed by atoms with E-state index in [2.05, 4.69) is 0 Å². The van der Waals surface area contributed by atoms with E-state index in [9.17, 15) is 14.4 Å². The maximum absolute atomic E-state index is 11.4. The topological polar surface area (TPSA) is 93.1 Å². The standard InChI is InChI=1S/C15H25NO6/c1-10(2)15(20)21-11(3)22-16(9-17)8-12-4-6-13(7-5-12)14(18)19/h9-13H,4-8H2,1-3H3,(H,18,19)/t11-,12-,13-/m1/s1. The van der Waals surface area contributed by atoms with Crippen LogP contribution < -0.4 is 0 Å². The molecule has 0 aromatic heterocycles.